The Balaban J connectivity index is 1.99. The molecule has 1 aromatic carbocycles. The highest BCUT2D eigenvalue weighted by Gasteiger charge is 2.30. The smallest absolute Gasteiger partial charge is 0.0712 e. The number of aliphatic hydroxyl groups is 1. The molecule has 1 aromatic rings. The minimum Gasteiger partial charge on any atom is -0.389 e. The van der Waals surface area contributed by atoms with Crippen LogP contribution in [0.4, 0.5) is 0 Å². The lowest BCUT2D eigenvalue weighted by Crippen LogP contribution is -2.44. The number of nitrogens with zero attached hydrogens (tertiary/aromatic N) is 1. The Morgan fingerprint density at radius 1 is 1.20 bits per heavy atom. The van der Waals surface area contributed by atoms with Gasteiger partial charge in [0.1, 0.15) is 0 Å². The van der Waals surface area contributed by atoms with E-state index in [4.69, 9.17) is 0 Å². The van der Waals surface area contributed by atoms with Crippen molar-refractivity contribution < 1.29 is 5.11 Å². The van der Waals surface area contributed by atoms with E-state index in [1.807, 2.05) is 18.2 Å². The van der Waals surface area contributed by atoms with Crippen molar-refractivity contribution in [2.45, 2.75) is 24.9 Å². The molecule has 15 heavy (non-hydrogen) atoms. The summed E-state index contributed by atoms with van der Waals surface area (Å²) in [5, 5.41) is 10.4. The maximum Gasteiger partial charge on any atom is 0.0712 e. The molecule has 1 heterocycles. The van der Waals surface area contributed by atoms with Crippen LogP contribution in [0, 0.1) is 0 Å². The van der Waals surface area contributed by atoms with Crippen molar-refractivity contribution >= 4 is 0 Å². The van der Waals surface area contributed by atoms with E-state index in [0.717, 1.165) is 32.4 Å². The lowest BCUT2D eigenvalue weighted by Gasteiger charge is -2.36. The molecule has 0 aliphatic carbocycles. The molecule has 1 N–H and O–H groups in total. The molecule has 0 aromatic heterocycles. The molecule has 1 aliphatic rings. The fraction of sp³-hybridized carbons (Fsp3) is 0.538. The van der Waals surface area contributed by atoms with Gasteiger partial charge in [0.05, 0.1) is 5.60 Å². The number of piperidine rings is 1. The van der Waals surface area contributed by atoms with Gasteiger partial charge >= 0.3 is 0 Å². The Hall–Kier alpha value is -0.860. The van der Waals surface area contributed by atoms with Gasteiger partial charge in [-0.1, -0.05) is 30.3 Å². The van der Waals surface area contributed by atoms with Gasteiger partial charge in [-0.2, -0.15) is 0 Å². The Morgan fingerprint density at radius 2 is 1.80 bits per heavy atom. The van der Waals surface area contributed by atoms with Crippen molar-refractivity contribution in [3.05, 3.63) is 35.9 Å². The second-order valence-corrected chi connectivity index (χ2v) is 4.69. The first-order valence-corrected chi connectivity index (χ1v) is 5.63. The number of hydrogen-bond acceptors (Lipinski definition) is 2. The second-order valence-electron chi connectivity index (χ2n) is 4.69. The maximum absolute atomic E-state index is 10.4. The van der Waals surface area contributed by atoms with Gasteiger partial charge in [0, 0.05) is 19.5 Å². The first-order valence-electron chi connectivity index (χ1n) is 5.63. The molecule has 0 spiro atoms. The van der Waals surface area contributed by atoms with Gasteiger partial charge < -0.3 is 10.0 Å². The molecule has 1 aliphatic heterocycles. The third-order valence-corrected chi connectivity index (χ3v) is 3.29. The third kappa shape index (κ3) is 2.80. The summed E-state index contributed by atoms with van der Waals surface area (Å²) in [4.78, 5) is 2.28. The second kappa shape index (κ2) is 4.33. The summed E-state index contributed by atoms with van der Waals surface area (Å²) in [5.74, 6) is 0. The fourth-order valence-electron chi connectivity index (χ4n) is 2.19. The molecular formula is C13H19NO. The molecule has 0 unspecified atom stereocenters. The molecule has 82 valence electrons. The highest BCUT2D eigenvalue weighted by molar-refractivity contribution is 5.17. The highest BCUT2D eigenvalue weighted by Crippen LogP contribution is 2.25. The predicted octanol–water partition coefficient (Wildman–Crippen LogP) is 1.69. The molecule has 0 bridgehead atoms. The van der Waals surface area contributed by atoms with Gasteiger partial charge in [0.15, 0.2) is 0 Å². The molecule has 2 rings (SSSR count). The first-order chi connectivity index (χ1) is 7.18. The minimum absolute atomic E-state index is 0.478. The van der Waals surface area contributed by atoms with Crippen molar-refractivity contribution in [2.24, 2.45) is 0 Å². The summed E-state index contributed by atoms with van der Waals surface area (Å²) in [6.07, 6.45) is 2.57. The fourth-order valence-corrected chi connectivity index (χ4v) is 2.19. The predicted molar refractivity (Wildman–Crippen MR) is 61.8 cm³/mol. The van der Waals surface area contributed by atoms with Crippen LogP contribution >= 0.6 is 0 Å². The number of hydrogen-bond donors (Lipinski definition) is 1. The minimum atomic E-state index is -0.478. The zero-order chi connectivity index (χ0) is 10.7. The number of rotatable bonds is 2. The lowest BCUT2D eigenvalue weighted by molar-refractivity contribution is -0.0150. The molecule has 0 radical (unpaired) electrons. The standard InChI is InChI=1S/C13H19NO/c1-14-9-7-13(15,8-10-14)11-12-5-3-2-4-6-12/h2-6,15H,7-11H2,1H3. The van der Waals surface area contributed by atoms with Gasteiger partial charge in [0.2, 0.25) is 0 Å². The lowest BCUT2D eigenvalue weighted by atomic mass is 9.85. The molecule has 2 heteroatoms. The van der Waals surface area contributed by atoms with Crippen LogP contribution in [0.5, 0.6) is 0 Å². The van der Waals surface area contributed by atoms with Crippen LogP contribution < -0.4 is 0 Å². The first kappa shape index (κ1) is 10.7. The van der Waals surface area contributed by atoms with E-state index in [-0.39, 0.29) is 0 Å². The van der Waals surface area contributed by atoms with Crippen LogP contribution in [-0.2, 0) is 6.42 Å². The molecular weight excluding hydrogens is 186 g/mol. The number of benzene rings is 1. The summed E-state index contributed by atoms with van der Waals surface area (Å²) in [7, 11) is 2.11. The molecule has 0 atom stereocenters. The Bertz CT molecular complexity index is 302. The van der Waals surface area contributed by atoms with E-state index >= 15 is 0 Å². The van der Waals surface area contributed by atoms with E-state index in [2.05, 4.69) is 24.1 Å². The quantitative estimate of drug-likeness (QED) is 0.794. The van der Waals surface area contributed by atoms with E-state index in [9.17, 15) is 5.11 Å². The van der Waals surface area contributed by atoms with Crippen molar-refractivity contribution in [1.82, 2.24) is 4.90 Å². The van der Waals surface area contributed by atoms with Gasteiger partial charge in [0.25, 0.3) is 0 Å². The van der Waals surface area contributed by atoms with Gasteiger partial charge in [-0.15, -0.1) is 0 Å². The monoisotopic (exact) mass is 205 g/mol. The van der Waals surface area contributed by atoms with Gasteiger partial charge in [-0.05, 0) is 25.5 Å². The summed E-state index contributed by atoms with van der Waals surface area (Å²) in [6, 6.07) is 10.3. The van der Waals surface area contributed by atoms with E-state index in [1.54, 1.807) is 0 Å². The van der Waals surface area contributed by atoms with E-state index in [1.165, 1.54) is 5.56 Å². The zero-order valence-electron chi connectivity index (χ0n) is 9.32. The Kier molecular flexibility index (Phi) is 3.08. The van der Waals surface area contributed by atoms with Gasteiger partial charge in [-0.3, -0.25) is 0 Å². The van der Waals surface area contributed by atoms with Crippen molar-refractivity contribution in [3.63, 3.8) is 0 Å². The summed E-state index contributed by atoms with van der Waals surface area (Å²) in [5.41, 5.74) is 0.762. The Labute approximate surface area is 91.5 Å². The maximum atomic E-state index is 10.4. The van der Waals surface area contributed by atoms with Gasteiger partial charge in [-0.25, -0.2) is 0 Å². The highest BCUT2D eigenvalue weighted by atomic mass is 16.3. The summed E-state index contributed by atoms with van der Waals surface area (Å²) < 4.78 is 0. The van der Waals surface area contributed by atoms with Crippen LogP contribution in [0.25, 0.3) is 0 Å². The van der Waals surface area contributed by atoms with Crippen LogP contribution in [-0.4, -0.2) is 35.7 Å². The molecule has 0 saturated carbocycles. The normalized spacial score (nSPS) is 21.5. The van der Waals surface area contributed by atoms with Crippen LogP contribution in [0.2, 0.25) is 0 Å². The molecule has 1 fully saturated rings. The molecule has 1 saturated heterocycles. The summed E-state index contributed by atoms with van der Waals surface area (Å²) in [6.45, 7) is 2.01. The Morgan fingerprint density at radius 3 is 2.40 bits per heavy atom. The van der Waals surface area contributed by atoms with Crippen molar-refractivity contribution in [1.29, 1.82) is 0 Å². The molecule has 2 nitrogen and oxygen atoms in total. The van der Waals surface area contributed by atoms with Crippen LogP contribution in [0.15, 0.2) is 30.3 Å². The average molecular weight is 205 g/mol. The van der Waals surface area contributed by atoms with Crippen molar-refractivity contribution in [2.75, 3.05) is 20.1 Å². The zero-order valence-corrected chi connectivity index (χ0v) is 9.32. The number of likely N-dealkylation sites (tertiary alicyclic amines) is 1. The molecule has 0 amide bonds. The van der Waals surface area contributed by atoms with E-state index in [0.29, 0.717) is 0 Å². The summed E-state index contributed by atoms with van der Waals surface area (Å²) >= 11 is 0. The van der Waals surface area contributed by atoms with Crippen LogP contribution in [0.3, 0.4) is 0 Å². The van der Waals surface area contributed by atoms with Crippen LogP contribution in [0.1, 0.15) is 18.4 Å². The average Bonchev–Trinajstić information content (AvgIpc) is 2.24. The third-order valence-electron chi connectivity index (χ3n) is 3.29. The van der Waals surface area contributed by atoms with Crippen molar-refractivity contribution in [3.8, 4) is 0 Å². The topological polar surface area (TPSA) is 23.5 Å². The largest absolute Gasteiger partial charge is 0.389 e. The SMILES string of the molecule is CN1CCC(O)(Cc2ccccc2)CC1. The van der Waals surface area contributed by atoms with E-state index < -0.39 is 5.60 Å².